The first-order valence-electron chi connectivity index (χ1n) is 8.43. The minimum Gasteiger partial charge on any atom is -0.339 e. The highest BCUT2D eigenvalue weighted by molar-refractivity contribution is 5.85. The van der Waals surface area contributed by atoms with E-state index in [9.17, 15) is 4.79 Å². The Labute approximate surface area is 145 Å². The van der Waals surface area contributed by atoms with E-state index in [2.05, 4.69) is 43.0 Å². The van der Waals surface area contributed by atoms with Crippen LogP contribution in [0.5, 0.6) is 0 Å². The Hall–Kier alpha value is -1.10. The molecule has 2 N–H and O–H groups in total. The maximum Gasteiger partial charge on any atom is 0.240 e. The van der Waals surface area contributed by atoms with Crippen molar-refractivity contribution in [1.29, 1.82) is 0 Å². The molecule has 4 nitrogen and oxygen atoms in total. The molecular formula is C18H28ClN3O. The minimum absolute atomic E-state index is 0. The molecule has 2 aliphatic rings. The number of nitrogens with two attached hydrogens (primary N) is 1. The molecule has 0 aromatic heterocycles. The zero-order chi connectivity index (χ0) is 15.7. The first kappa shape index (κ1) is 18.2. The fraction of sp³-hybridized carbons (Fsp3) is 0.611. The van der Waals surface area contributed by atoms with Crippen molar-refractivity contribution in [3.8, 4) is 0 Å². The van der Waals surface area contributed by atoms with E-state index in [-0.39, 0.29) is 30.5 Å². The summed E-state index contributed by atoms with van der Waals surface area (Å²) < 4.78 is 0. The summed E-state index contributed by atoms with van der Waals surface area (Å²) >= 11 is 0. The molecule has 0 aliphatic carbocycles. The van der Waals surface area contributed by atoms with Crippen molar-refractivity contribution in [2.24, 2.45) is 5.73 Å². The molecule has 0 saturated carbocycles. The van der Waals surface area contributed by atoms with Gasteiger partial charge in [0.05, 0.1) is 6.04 Å². The van der Waals surface area contributed by atoms with E-state index in [0.717, 1.165) is 32.5 Å². The largest absolute Gasteiger partial charge is 0.339 e. The summed E-state index contributed by atoms with van der Waals surface area (Å²) in [5.74, 6) is 0.630. The van der Waals surface area contributed by atoms with E-state index in [1.807, 2.05) is 11.0 Å². The Kier molecular flexibility index (Phi) is 6.06. The Balaban J connectivity index is 0.00000192. The lowest BCUT2D eigenvalue weighted by Crippen LogP contribution is -2.54. The SMILES string of the molecule is CC(C)N1CCCC(N2C[C@@H](N)[C@H](c3ccccc3)C2)C1=O.Cl. The second-order valence-electron chi connectivity index (χ2n) is 6.92. The molecule has 2 aliphatic heterocycles. The van der Waals surface area contributed by atoms with Crippen LogP contribution in [0.2, 0.25) is 0 Å². The topological polar surface area (TPSA) is 49.6 Å². The Morgan fingerprint density at radius 1 is 1.17 bits per heavy atom. The van der Waals surface area contributed by atoms with Crippen molar-refractivity contribution in [2.75, 3.05) is 19.6 Å². The molecule has 3 atom stereocenters. The molecule has 1 unspecified atom stereocenters. The summed E-state index contributed by atoms with van der Waals surface area (Å²) in [7, 11) is 0. The molecular weight excluding hydrogens is 310 g/mol. The number of hydrogen-bond donors (Lipinski definition) is 1. The van der Waals surface area contributed by atoms with Crippen LogP contribution in [0.15, 0.2) is 30.3 Å². The zero-order valence-corrected chi connectivity index (χ0v) is 14.8. The second kappa shape index (κ2) is 7.65. The monoisotopic (exact) mass is 337 g/mol. The number of nitrogens with zero attached hydrogens (tertiary/aromatic N) is 2. The van der Waals surface area contributed by atoms with E-state index in [1.54, 1.807) is 0 Å². The van der Waals surface area contributed by atoms with Crippen LogP contribution < -0.4 is 5.73 Å². The quantitative estimate of drug-likeness (QED) is 0.920. The molecule has 2 fully saturated rings. The maximum absolute atomic E-state index is 12.7. The molecule has 1 amide bonds. The minimum atomic E-state index is 0. The molecule has 0 radical (unpaired) electrons. The van der Waals surface area contributed by atoms with E-state index >= 15 is 0 Å². The van der Waals surface area contributed by atoms with Gasteiger partial charge < -0.3 is 10.6 Å². The van der Waals surface area contributed by atoms with Crippen molar-refractivity contribution in [3.05, 3.63) is 35.9 Å². The summed E-state index contributed by atoms with van der Waals surface area (Å²) in [6.45, 7) is 6.82. The number of amides is 1. The molecule has 2 saturated heterocycles. The van der Waals surface area contributed by atoms with Crippen LogP contribution >= 0.6 is 12.4 Å². The van der Waals surface area contributed by atoms with Gasteiger partial charge in [-0.15, -0.1) is 12.4 Å². The van der Waals surface area contributed by atoms with Crippen molar-refractivity contribution in [2.45, 2.75) is 50.7 Å². The Morgan fingerprint density at radius 3 is 2.52 bits per heavy atom. The first-order chi connectivity index (χ1) is 10.6. The van der Waals surface area contributed by atoms with Crippen LogP contribution in [-0.2, 0) is 4.79 Å². The van der Waals surface area contributed by atoms with Gasteiger partial charge in [-0.1, -0.05) is 30.3 Å². The number of rotatable bonds is 3. The van der Waals surface area contributed by atoms with Gasteiger partial charge in [0.2, 0.25) is 5.91 Å². The van der Waals surface area contributed by atoms with Gasteiger partial charge in [0.15, 0.2) is 0 Å². The molecule has 1 aromatic rings. The number of hydrogen-bond acceptors (Lipinski definition) is 3. The number of carbonyl (C=O) groups excluding carboxylic acids is 1. The summed E-state index contributed by atoms with van der Waals surface area (Å²) in [4.78, 5) is 17.1. The predicted octanol–water partition coefficient (Wildman–Crippen LogP) is 2.23. The number of halogens is 1. The maximum atomic E-state index is 12.7. The third-order valence-electron chi connectivity index (χ3n) is 5.13. The number of carbonyl (C=O) groups is 1. The standard InChI is InChI=1S/C18H27N3O.ClH/c1-13(2)21-10-6-9-17(18(21)22)20-11-15(16(19)12-20)14-7-4-3-5-8-14;/h3-5,7-8,13,15-17H,6,9-12,19H2,1-2H3;1H/t15-,16+,17?;/m0./s1. The van der Waals surface area contributed by atoms with Gasteiger partial charge in [-0.05, 0) is 32.3 Å². The molecule has 23 heavy (non-hydrogen) atoms. The van der Waals surface area contributed by atoms with Crippen LogP contribution in [-0.4, -0.2) is 53.5 Å². The lowest BCUT2D eigenvalue weighted by Gasteiger charge is -2.39. The van der Waals surface area contributed by atoms with E-state index < -0.39 is 0 Å². The lowest BCUT2D eigenvalue weighted by atomic mass is 9.95. The molecule has 0 spiro atoms. The van der Waals surface area contributed by atoms with E-state index in [4.69, 9.17) is 5.73 Å². The van der Waals surface area contributed by atoms with Gasteiger partial charge in [0.1, 0.15) is 0 Å². The van der Waals surface area contributed by atoms with Gasteiger partial charge in [-0.25, -0.2) is 0 Å². The molecule has 0 bridgehead atoms. The summed E-state index contributed by atoms with van der Waals surface area (Å²) in [6, 6.07) is 10.9. The normalized spacial score (nSPS) is 29.0. The summed E-state index contributed by atoms with van der Waals surface area (Å²) in [6.07, 6.45) is 2.06. The van der Waals surface area contributed by atoms with Gasteiger partial charge in [-0.3, -0.25) is 9.69 Å². The molecule has 3 rings (SSSR count). The first-order valence-corrected chi connectivity index (χ1v) is 8.43. The van der Waals surface area contributed by atoms with Crippen LogP contribution in [0.4, 0.5) is 0 Å². The van der Waals surface area contributed by atoms with Crippen LogP contribution in [0.3, 0.4) is 0 Å². The molecule has 5 heteroatoms. The predicted molar refractivity (Wildman–Crippen MR) is 95.9 cm³/mol. The highest BCUT2D eigenvalue weighted by atomic mass is 35.5. The third kappa shape index (κ3) is 3.70. The number of piperidine rings is 1. The smallest absolute Gasteiger partial charge is 0.240 e. The van der Waals surface area contributed by atoms with Gasteiger partial charge in [-0.2, -0.15) is 0 Å². The van der Waals surface area contributed by atoms with Crippen LogP contribution in [0.1, 0.15) is 38.2 Å². The number of likely N-dealkylation sites (tertiary alicyclic amines) is 2. The van der Waals surface area contributed by atoms with E-state index in [1.165, 1.54) is 5.56 Å². The summed E-state index contributed by atoms with van der Waals surface area (Å²) in [5.41, 5.74) is 7.67. The van der Waals surface area contributed by atoms with E-state index in [0.29, 0.717) is 11.8 Å². The van der Waals surface area contributed by atoms with Crippen LogP contribution in [0.25, 0.3) is 0 Å². The van der Waals surface area contributed by atoms with Gasteiger partial charge in [0.25, 0.3) is 0 Å². The van der Waals surface area contributed by atoms with Crippen LogP contribution in [0, 0.1) is 0 Å². The second-order valence-corrected chi connectivity index (χ2v) is 6.92. The number of benzene rings is 1. The fourth-order valence-corrected chi connectivity index (χ4v) is 3.90. The Bertz CT molecular complexity index is 522. The molecule has 128 valence electrons. The zero-order valence-electron chi connectivity index (χ0n) is 14.0. The fourth-order valence-electron chi connectivity index (χ4n) is 3.90. The highest BCUT2D eigenvalue weighted by Gasteiger charge is 2.40. The lowest BCUT2D eigenvalue weighted by molar-refractivity contribution is -0.141. The average molecular weight is 338 g/mol. The van der Waals surface area contributed by atoms with Crippen molar-refractivity contribution < 1.29 is 4.79 Å². The van der Waals surface area contributed by atoms with Gasteiger partial charge >= 0.3 is 0 Å². The van der Waals surface area contributed by atoms with Gasteiger partial charge in [0, 0.05) is 37.6 Å². The average Bonchev–Trinajstić information content (AvgIpc) is 2.90. The molecule has 1 aromatic carbocycles. The molecule has 2 heterocycles. The summed E-state index contributed by atoms with van der Waals surface area (Å²) in [5, 5.41) is 0. The van der Waals surface area contributed by atoms with Crippen molar-refractivity contribution >= 4 is 18.3 Å². The third-order valence-corrected chi connectivity index (χ3v) is 5.13. The highest BCUT2D eigenvalue weighted by Crippen LogP contribution is 2.30. The van der Waals surface area contributed by atoms with Crippen molar-refractivity contribution in [1.82, 2.24) is 9.80 Å². The van der Waals surface area contributed by atoms with Crippen molar-refractivity contribution in [3.63, 3.8) is 0 Å². The Morgan fingerprint density at radius 2 is 1.87 bits per heavy atom.